The first-order chi connectivity index (χ1) is 11.1. The molecule has 128 valence electrons. The lowest BCUT2D eigenvalue weighted by molar-refractivity contribution is 0.0777. The number of nitrogens with zero attached hydrogens (tertiary/aromatic N) is 3. The fraction of sp³-hybridized carbons (Fsp3) is 0.471. The highest BCUT2D eigenvalue weighted by Gasteiger charge is 2.43. The minimum atomic E-state index is -0.301. The maximum Gasteiger partial charge on any atom is 0.270 e. The summed E-state index contributed by atoms with van der Waals surface area (Å²) in [4.78, 5) is 31.5. The van der Waals surface area contributed by atoms with Crippen LogP contribution in [0.3, 0.4) is 0 Å². The first-order valence-electron chi connectivity index (χ1n) is 8.08. The summed E-state index contributed by atoms with van der Waals surface area (Å²) >= 11 is 0. The molecule has 1 aliphatic carbocycles. The quantitative estimate of drug-likeness (QED) is 0.840. The van der Waals surface area contributed by atoms with Crippen molar-refractivity contribution < 1.29 is 4.79 Å². The van der Waals surface area contributed by atoms with E-state index in [4.69, 9.17) is 5.73 Å². The first kappa shape index (κ1) is 16.9. The van der Waals surface area contributed by atoms with E-state index in [0.717, 1.165) is 18.4 Å². The molecule has 1 aliphatic heterocycles. The molecule has 1 saturated carbocycles. The molecule has 2 aliphatic rings. The maximum atomic E-state index is 12.8. The summed E-state index contributed by atoms with van der Waals surface area (Å²) in [6.07, 6.45) is 5.19. The normalized spacial score (nSPS) is 25.6. The van der Waals surface area contributed by atoms with Crippen molar-refractivity contribution in [3.63, 3.8) is 0 Å². The number of hydrogen-bond acceptors (Lipinski definition) is 4. The van der Waals surface area contributed by atoms with Gasteiger partial charge >= 0.3 is 0 Å². The Labute approximate surface area is 146 Å². The Morgan fingerprint density at radius 3 is 2.88 bits per heavy atom. The average molecular weight is 349 g/mol. The number of pyridine rings is 1. The molecule has 2 aromatic heterocycles. The molecule has 3 unspecified atom stereocenters. The van der Waals surface area contributed by atoms with E-state index in [1.807, 2.05) is 13.0 Å². The summed E-state index contributed by atoms with van der Waals surface area (Å²) in [5, 5.41) is 0. The topological polar surface area (TPSA) is 80.7 Å². The molecular formula is C17H21ClN4O2. The molecule has 3 heterocycles. The van der Waals surface area contributed by atoms with Crippen molar-refractivity contribution in [1.82, 2.24) is 14.3 Å². The van der Waals surface area contributed by atoms with E-state index in [9.17, 15) is 9.59 Å². The largest absolute Gasteiger partial charge is 0.338 e. The van der Waals surface area contributed by atoms with Crippen LogP contribution in [0.5, 0.6) is 0 Å². The molecule has 3 atom stereocenters. The van der Waals surface area contributed by atoms with Crippen LogP contribution in [0.1, 0.15) is 28.8 Å². The highest BCUT2D eigenvalue weighted by molar-refractivity contribution is 5.94. The van der Waals surface area contributed by atoms with Gasteiger partial charge in [0.15, 0.2) is 0 Å². The van der Waals surface area contributed by atoms with E-state index in [-0.39, 0.29) is 35.5 Å². The zero-order valence-corrected chi connectivity index (χ0v) is 14.3. The van der Waals surface area contributed by atoms with Crippen LogP contribution >= 0.6 is 12.4 Å². The van der Waals surface area contributed by atoms with E-state index in [2.05, 4.69) is 4.98 Å². The second-order valence-corrected chi connectivity index (χ2v) is 6.74. The van der Waals surface area contributed by atoms with Gasteiger partial charge in [0.2, 0.25) is 0 Å². The van der Waals surface area contributed by atoms with Crippen molar-refractivity contribution in [1.29, 1.82) is 0 Å². The van der Waals surface area contributed by atoms with Crippen LogP contribution in [0.15, 0.2) is 29.3 Å². The number of fused-ring (bicyclic) bond motifs is 2. The van der Waals surface area contributed by atoms with Crippen molar-refractivity contribution in [2.45, 2.75) is 25.8 Å². The lowest BCUT2D eigenvalue weighted by atomic mass is 9.98. The highest BCUT2D eigenvalue weighted by atomic mass is 35.5. The van der Waals surface area contributed by atoms with Crippen LogP contribution in [0.25, 0.3) is 5.65 Å². The zero-order chi connectivity index (χ0) is 16.1. The predicted octanol–water partition coefficient (Wildman–Crippen LogP) is 1.23. The third-order valence-electron chi connectivity index (χ3n) is 5.36. The monoisotopic (exact) mass is 348 g/mol. The summed E-state index contributed by atoms with van der Waals surface area (Å²) in [6.45, 7) is 3.25. The number of carbonyl (C=O) groups excluding carboxylic acids is 1. The van der Waals surface area contributed by atoms with E-state index >= 15 is 0 Å². The first-order valence-corrected chi connectivity index (χ1v) is 8.08. The number of likely N-dealkylation sites (tertiary alicyclic amines) is 1. The molecule has 1 saturated heterocycles. The number of amides is 1. The zero-order valence-electron chi connectivity index (χ0n) is 13.5. The van der Waals surface area contributed by atoms with Gasteiger partial charge in [-0.15, -0.1) is 12.4 Å². The number of hydrogen-bond donors (Lipinski definition) is 1. The molecule has 2 fully saturated rings. The van der Waals surface area contributed by atoms with Crippen LogP contribution in [0.2, 0.25) is 0 Å². The summed E-state index contributed by atoms with van der Waals surface area (Å²) in [5.74, 6) is 0.629. The lowest BCUT2D eigenvalue weighted by Crippen LogP contribution is -2.36. The summed E-state index contributed by atoms with van der Waals surface area (Å²) < 4.78 is 1.45. The van der Waals surface area contributed by atoms with E-state index in [0.29, 0.717) is 30.6 Å². The fourth-order valence-electron chi connectivity index (χ4n) is 4.04. The molecule has 0 bridgehead atoms. The van der Waals surface area contributed by atoms with E-state index in [1.165, 1.54) is 10.6 Å². The standard InChI is InChI=1S/C17H20N4O2.ClH/c1-10-3-2-6-21-15(10)19-7-12(17(21)23)16(22)20-8-11-4-5-14(18)13(11)9-20;/h2-3,6-7,11,13-14H,4-5,8-9,18H2,1H3;1H. The van der Waals surface area contributed by atoms with Crippen LogP contribution in [0.4, 0.5) is 0 Å². The van der Waals surface area contributed by atoms with Crippen molar-refractivity contribution in [2.75, 3.05) is 13.1 Å². The Balaban J connectivity index is 0.00000169. The number of aryl methyl sites for hydroxylation is 1. The van der Waals surface area contributed by atoms with Gasteiger partial charge in [-0.1, -0.05) is 6.07 Å². The minimum absolute atomic E-state index is 0. The minimum Gasteiger partial charge on any atom is -0.338 e. The molecular weight excluding hydrogens is 328 g/mol. The molecule has 24 heavy (non-hydrogen) atoms. The fourth-order valence-corrected chi connectivity index (χ4v) is 4.04. The third-order valence-corrected chi connectivity index (χ3v) is 5.36. The van der Waals surface area contributed by atoms with Crippen LogP contribution in [0, 0.1) is 18.8 Å². The average Bonchev–Trinajstić information content (AvgIpc) is 3.10. The van der Waals surface area contributed by atoms with Crippen LogP contribution < -0.4 is 11.3 Å². The van der Waals surface area contributed by atoms with E-state index < -0.39 is 0 Å². The number of nitrogens with two attached hydrogens (primary N) is 1. The Morgan fingerprint density at radius 2 is 2.12 bits per heavy atom. The highest BCUT2D eigenvalue weighted by Crippen LogP contribution is 2.37. The number of rotatable bonds is 1. The molecule has 0 spiro atoms. The van der Waals surface area contributed by atoms with Gasteiger partial charge in [-0.2, -0.15) is 0 Å². The van der Waals surface area contributed by atoms with Gasteiger partial charge < -0.3 is 10.6 Å². The van der Waals surface area contributed by atoms with E-state index in [1.54, 1.807) is 17.2 Å². The second kappa shape index (κ2) is 6.18. The molecule has 7 heteroatoms. The molecule has 0 aromatic carbocycles. The van der Waals surface area contributed by atoms with Gasteiger partial charge in [-0.25, -0.2) is 4.98 Å². The molecule has 2 aromatic rings. The Morgan fingerprint density at radius 1 is 1.33 bits per heavy atom. The summed E-state index contributed by atoms with van der Waals surface area (Å²) in [7, 11) is 0. The Kier molecular flexibility index (Phi) is 4.36. The van der Waals surface area contributed by atoms with Crippen molar-refractivity contribution in [2.24, 2.45) is 17.6 Å². The van der Waals surface area contributed by atoms with Crippen molar-refractivity contribution >= 4 is 24.0 Å². The number of aromatic nitrogens is 2. The van der Waals surface area contributed by atoms with Crippen molar-refractivity contribution in [3.8, 4) is 0 Å². The van der Waals surface area contributed by atoms with Crippen molar-refractivity contribution in [3.05, 3.63) is 46.0 Å². The molecule has 4 rings (SSSR count). The van der Waals surface area contributed by atoms with Gasteiger partial charge in [-0.05, 0) is 43.2 Å². The summed E-state index contributed by atoms with van der Waals surface area (Å²) in [5.41, 5.74) is 7.46. The predicted molar refractivity (Wildman–Crippen MR) is 93.5 cm³/mol. The molecule has 2 N–H and O–H groups in total. The second-order valence-electron chi connectivity index (χ2n) is 6.74. The van der Waals surface area contributed by atoms with Gasteiger partial charge in [-0.3, -0.25) is 14.0 Å². The lowest BCUT2D eigenvalue weighted by Gasteiger charge is -2.18. The smallest absolute Gasteiger partial charge is 0.270 e. The molecule has 6 nitrogen and oxygen atoms in total. The molecule has 1 amide bonds. The van der Waals surface area contributed by atoms with Gasteiger partial charge in [0, 0.05) is 31.5 Å². The summed E-state index contributed by atoms with van der Waals surface area (Å²) in [6, 6.07) is 3.86. The number of carbonyl (C=O) groups is 1. The van der Waals surface area contributed by atoms with Gasteiger partial charge in [0.1, 0.15) is 11.2 Å². The van der Waals surface area contributed by atoms with Crippen LogP contribution in [-0.2, 0) is 0 Å². The Bertz CT molecular complexity index is 850. The third kappa shape index (κ3) is 2.50. The van der Waals surface area contributed by atoms with Gasteiger partial charge in [0.05, 0.1) is 0 Å². The SMILES string of the molecule is Cc1cccn2c(=O)c(C(=O)N3CC4CCC(N)C4C3)cnc12.Cl. The maximum absolute atomic E-state index is 12.8. The Hall–Kier alpha value is -1.92. The molecule has 0 radical (unpaired) electrons. The number of halogens is 1. The van der Waals surface area contributed by atoms with Crippen LogP contribution in [-0.4, -0.2) is 39.3 Å². The van der Waals surface area contributed by atoms with Gasteiger partial charge in [0.25, 0.3) is 11.5 Å².